The number of ether oxygens (including phenoxy) is 2. The first-order valence-corrected chi connectivity index (χ1v) is 13.8. The Kier molecular flexibility index (Phi) is 7.76. The van der Waals surface area contributed by atoms with Crippen LogP contribution in [0.25, 0.3) is 0 Å². The number of nitrogens with zero attached hydrogens (tertiary/aromatic N) is 2. The topological polar surface area (TPSA) is 79.3 Å². The number of imide groups is 1. The van der Waals surface area contributed by atoms with E-state index in [4.69, 9.17) is 9.47 Å². The maximum absolute atomic E-state index is 13.1. The fourth-order valence-electron chi connectivity index (χ4n) is 5.57. The lowest BCUT2D eigenvalue weighted by atomic mass is 9.99. The first-order chi connectivity index (χ1) is 20.0. The van der Waals surface area contributed by atoms with E-state index in [9.17, 15) is 14.7 Å². The summed E-state index contributed by atoms with van der Waals surface area (Å²) in [5.74, 6) is -0.675. The van der Waals surface area contributed by atoms with Crippen LogP contribution in [0.5, 0.6) is 0 Å². The zero-order valence-electron chi connectivity index (χ0n) is 22.9. The zero-order chi connectivity index (χ0) is 28.3. The lowest BCUT2D eigenvalue weighted by molar-refractivity contribution is -0.252. The van der Waals surface area contributed by atoms with Crippen molar-refractivity contribution in [3.8, 4) is 0 Å². The van der Waals surface area contributed by atoms with Gasteiger partial charge in [0, 0.05) is 25.1 Å². The van der Waals surface area contributed by atoms with Crippen LogP contribution in [-0.4, -0.2) is 41.5 Å². The molecule has 7 heteroatoms. The third-order valence-electron chi connectivity index (χ3n) is 7.62. The predicted octanol–water partition coefficient (Wildman–Crippen LogP) is 5.66. The van der Waals surface area contributed by atoms with Crippen molar-refractivity contribution in [2.75, 3.05) is 18.5 Å². The monoisotopic (exact) mass is 548 g/mol. The van der Waals surface area contributed by atoms with Gasteiger partial charge >= 0.3 is 0 Å². The smallest absolute Gasteiger partial charge is 0.266 e. The molecule has 1 fully saturated rings. The minimum Gasteiger partial charge on any atom is -0.392 e. The highest BCUT2D eigenvalue weighted by Gasteiger charge is 2.37. The van der Waals surface area contributed by atoms with Gasteiger partial charge < -0.3 is 14.6 Å². The van der Waals surface area contributed by atoms with Crippen LogP contribution in [0.1, 0.15) is 61.8 Å². The molecule has 4 aromatic carbocycles. The van der Waals surface area contributed by atoms with Crippen molar-refractivity contribution in [2.24, 2.45) is 0 Å². The van der Waals surface area contributed by atoms with E-state index in [1.54, 1.807) is 36.4 Å². The standard InChI is InChI=1S/C34H32N2O5/c1-35(20-23-8-3-2-4-9-23)21-28-19-31(25-16-14-24(22-37)15-17-25)41-34(40-28)26-10-7-11-27(18-26)36-32(38)29-12-5-6-13-30(29)33(36)39/h2-18,28,31,34,37H,19-22H2,1H3/t28-,31+,34+/m1/s1. The average molecular weight is 549 g/mol. The quantitative estimate of drug-likeness (QED) is 0.287. The maximum atomic E-state index is 13.1. The second-order valence-electron chi connectivity index (χ2n) is 10.6. The normalized spacial score (nSPS) is 20.5. The van der Waals surface area contributed by atoms with Crippen LogP contribution in [0.4, 0.5) is 5.69 Å². The number of hydrogen-bond acceptors (Lipinski definition) is 6. The molecule has 0 aromatic heterocycles. The van der Waals surface area contributed by atoms with Gasteiger partial charge in [0.2, 0.25) is 0 Å². The minimum atomic E-state index is -0.698. The average Bonchev–Trinajstić information content (AvgIpc) is 3.27. The molecule has 1 saturated heterocycles. The van der Waals surface area contributed by atoms with Gasteiger partial charge in [0.1, 0.15) is 0 Å². The van der Waals surface area contributed by atoms with E-state index in [1.807, 2.05) is 54.6 Å². The van der Waals surface area contributed by atoms with E-state index in [1.165, 1.54) is 10.5 Å². The molecule has 0 saturated carbocycles. The summed E-state index contributed by atoms with van der Waals surface area (Å²) in [4.78, 5) is 29.7. The molecule has 208 valence electrons. The highest BCUT2D eigenvalue weighted by molar-refractivity contribution is 6.34. The summed E-state index contributed by atoms with van der Waals surface area (Å²) >= 11 is 0. The molecule has 2 aliphatic rings. The first-order valence-electron chi connectivity index (χ1n) is 13.8. The number of carbonyl (C=O) groups is 2. The van der Waals surface area contributed by atoms with Crippen molar-refractivity contribution in [1.82, 2.24) is 4.90 Å². The molecule has 2 heterocycles. The molecule has 6 rings (SSSR count). The SMILES string of the molecule is CN(Cc1ccccc1)C[C@H]1C[C@@H](c2ccc(CO)cc2)O[C@@H](c2cccc(N3C(=O)c4ccccc4C3=O)c2)O1. The van der Waals surface area contributed by atoms with Crippen molar-refractivity contribution in [2.45, 2.75) is 38.1 Å². The lowest BCUT2D eigenvalue weighted by Gasteiger charge is -2.38. The summed E-state index contributed by atoms with van der Waals surface area (Å²) in [5.41, 5.74) is 5.08. The van der Waals surface area contributed by atoms with Crippen molar-refractivity contribution in [3.63, 3.8) is 0 Å². The fourth-order valence-corrected chi connectivity index (χ4v) is 5.57. The second-order valence-corrected chi connectivity index (χ2v) is 10.6. The van der Waals surface area contributed by atoms with Crippen molar-refractivity contribution in [3.05, 3.63) is 137 Å². The molecule has 0 radical (unpaired) electrons. The Morgan fingerprint density at radius 1 is 0.780 bits per heavy atom. The van der Waals surface area contributed by atoms with Gasteiger partial charge in [0.05, 0.1) is 35.6 Å². The van der Waals surface area contributed by atoms with Crippen molar-refractivity contribution < 1.29 is 24.2 Å². The lowest BCUT2D eigenvalue weighted by Crippen LogP contribution is -2.37. The Morgan fingerprint density at radius 2 is 1.46 bits per heavy atom. The molecule has 4 aromatic rings. The molecule has 2 aliphatic heterocycles. The molecule has 0 aliphatic carbocycles. The van der Waals surface area contributed by atoms with Crippen LogP contribution in [0, 0.1) is 0 Å². The number of amides is 2. The summed E-state index contributed by atoms with van der Waals surface area (Å²) in [6.07, 6.45) is -0.407. The maximum Gasteiger partial charge on any atom is 0.266 e. The molecule has 0 bridgehead atoms. The first kappa shape index (κ1) is 27.1. The molecular formula is C34H32N2O5. The summed E-state index contributed by atoms with van der Waals surface area (Å²) in [6, 6.07) is 32.2. The largest absolute Gasteiger partial charge is 0.392 e. The number of rotatable bonds is 8. The van der Waals surface area contributed by atoms with Gasteiger partial charge in [-0.15, -0.1) is 0 Å². The number of benzene rings is 4. The van der Waals surface area contributed by atoms with Crippen molar-refractivity contribution in [1.29, 1.82) is 0 Å². The third-order valence-corrected chi connectivity index (χ3v) is 7.62. The van der Waals surface area contributed by atoms with E-state index in [0.29, 0.717) is 29.8 Å². The number of hydrogen-bond donors (Lipinski definition) is 1. The molecular weight excluding hydrogens is 516 g/mol. The van der Waals surface area contributed by atoms with Gasteiger partial charge in [-0.1, -0.05) is 78.9 Å². The Balaban J connectivity index is 1.26. The number of aliphatic hydroxyl groups is 1. The van der Waals surface area contributed by atoms with E-state index in [0.717, 1.165) is 23.2 Å². The number of aliphatic hydroxyl groups excluding tert-OH is 1. The predicted molar refractivity (Wildman–Crippen MR) is 155 cm³/mol. The molecule has 1 N–H and O–H groups in total. The van der Waals surface area contributed by atoms with Crippen LogP contribution in [0.3, 0.4) is 0 Å². The van der Waals surface area contributed by atoms with Crippen LogP contribution in [-0.2, 0) is 22.6 Å². The molecule has 0 unspecified atom stereocenters. The van der Waals surface area contributed by atoms with E-state index < -0.39 is 6.29 Å². The number of likely N-dealkylation sites (N-methyl/N-ethyl adjacent to an activating group) is 1. The molecule has 41 heavy (non-hydrogen) atoms. The summed E-state index contributed by atoms with van der Waals surface area (Å²) < 4.78 is 13.0. The Morgan fingerprint density at radius 3 is 2.15 bits per heavy atom. The summed E-state index contributed by atoms with van der Waals surface area (Å²) in [5, 5.41) is 9.49. The fraction of sp³-hybridized carbons (Fsp3) is 0.235. The Bertz CT molecular complexity index is 1500. The molecule has 3 atom stereocenters. The Labute approximate surface area is 239 Å². The number of fused-ring (bicyclic) bond motifs is 1. The van der Waals surface area contributed by atoms with Gasteiger partial charge in [-0.25, -0.2) is 4.90 Å². The van der Waals surface area contributed by atoms with Gasteiger partial charge in [-0.05, 0) is 48.0 Å². The van der Waals surface area contributed by atoms with Crippen LogP contribution < -0.4 is 4.90 Å². The number of carbonyl (C=O) groups excluding carboxylic acids is 2. The van der Waals surface area contributed by atoms with Crippen LogP contribution in [0.15, 0.2) is 103 Å². The van der Waals surface area contributed by atoms with Gasteiger partial charge in [0.25, 0.3) is 11.8 Å². The third kappa shape index (κ3) is 5.71. The van der Waals surface area contributed by atoms with E-state index >= 15 is 0 Å². The highest BCUT2D eigenvalue weighted by atomic mass is 16.7. The zero-order valence-corrected chi connectivity index (χ0v) is 22.9. The minimum absolute atomic E-state index is 0.0188. The molecule has 2 amide bonds. The molecule has 0 spiro atoms. The number of anilines is 1. The van der Waals surface area contributed by atoms with E-state index in [-0.39, 0.29) is 30.6 Å². The molecule has 7 nitrogen and oxygen atoms in total. The van der Waals surface area contributed by atoms with Crippen LogP contribution >= 0.6 is 0 Å². The summed E-state index contributed by atoms with van der Waals surface area (Å²) in [6.45, 7) is 1.46. The second kappa shape index (κ2) is 11.8. The summed E-state index contributed by atoms with van der Waals surface area (Å²) in [7, 11) is 2.08. The Hall–Kier alpha value is -4.14. The van der Waals surface area contributed by atoms with Gasteiger partial charge in [0.15, 0.2) is 6.29 Å². The van der Waals surface area contributed by atoms with Crippen molar-refractivity contribution >= 4 is 17.5 Å². The van der Waals surface area contributed by atoms with Crippen LogP contribution in [0.2, 0.25) is 0 Å². The van der Waals surface area contributed by atoms with E-state index in [2.05, 4.69) is 24.1 Å². The highest BCUT2D eigenvalue weighted by Crippen LogP contribution is 2.39. The van der Waals surface area contributed by atoms with Gasteiger partial charge in [-0.3, -0.25) is 14.5 Å². The van der Waals surface area contributed by atoms with Gasteiger partial charge in [-0.2, -0.15) is 0 Å².